The SMILES string of the molecule is Cc1cc(N(C)C2CCCN(c3cccnn3)C2)nc(C)n1. The lowest BCUT2D eigenvalue weighted by Gasteiger charge is -2.38. The largest absolute Gasteiger partial charge is 0.355 e. The Morgan fingerprint density at radius 3 is 2.86 bits per heavy atom. The number of aromatic nitrogens is 4. The van der Waals surface area contributed by atoms with Gasteiger partial charge >= 0.3 is 0 Å². The van der Waals surface area contributed by atoms with Gasteiger partial charge in [0.15, 0.2) is 5.82 Å². The molecule has 0 saturated carbocycles. The summed E-state index contributed by atoms with van der Waals surface area (Å²) in [5.74, 6) is 2.77. The average Bonchev–Trinajstić information content (AvgIpc) is 2.54. The van der Waals surface area contributed by atoms with Crippen molar-refractivity contribution in [1.29, 1.82) is 0 Å². The second-order valence-electron chi connectivity index (χ2n) is 5.85. The lowest BCUT2D eigenvalue weighted by molar-refractivity contribution is 0.482. The Labute approximate surface area is 131 Å². The molecule has 2 aromatic heterocycles. The highest BCUT2D eigenvalue weighted by Crippen LogP contribution is 2.23. The minimum Gasteiger partial charge on any atom is -0.355 e. The van der Waals surface area contributed by atoms with E-state index >= 15 is 0 Å². The number of rotatable bonds is 3. The van der Waals surface area contributed by atoms with Gasteiger partial charge < -0.3 is 9.80 Å². The summed E-state index contributed by atoms with van der Waals surface area (Å²) in [6.45, 7) is 5.93. The summed E-state index contributed by atoms with van der Waals surface area (Å²) in [4.78, 5) is 13.5. The van der Waals surface area contributed by atoms with Crippen molar-refractivity contribution in [3.8, 4) is 0 Å². The molecule has 1 fully saturated rings. The van der Waals surface area contributed by atoms with E-state index in [1.807, 2.05) is 32.0 Å². The van der Waals surface area contributed by atoms with E-state index in [1.165, 1.54) is 0 Å². The van der Waals surface area contributed by atoms with Crippen LogP contribution in [0, 0.1) is 13.8 Å². The number of piperidine rings is 1. The molecule has 0 aromatic carbocycles. The lowest BCUT2D eigenvalue weighted by atomic mass is 10.0. The standard InChI is InChI=1S/C16H22N6/c1-12-10-16(19-13(2)18-12)21(3)14-6-5-9-22(11-14)15-7-4-8-17-20-15/h4,7-8,10,14H,5-6,9,11H2,1-3H3. The highest BCUT2D eigenvalue weighted by molar-refractivity contribution is 5.43. The van der Waals surface area contributed by atoms with Crippen LogP contribution in [0.4, 0.5) is 11.6 Å². The van der Waals surface area contributed by atoms with Crippen molar-refractivity contribution in [2.45, 2.75) is 32.7 Å². The molecule has 0 amide bonds. The van der Waals surface area contributed by atoms with Gasteiger partial charge in [0, 0.05) is 44.1 Å². The monoisotopic (exact) mass is 298 g/mol. The van der Waals surface area contributed by atoms with Crippen LogP contribution in [0.2, 0.25) is 0 Å². The van der Waals surface area contributed by atoms with Gasteiger partial charge in [0.1, 0.15) is 11.6 Å². The molecule has 116 valence electrons. The van der Waals surface area contributed by atoms with Crippen LogP contribution in [-0.4, -0.2) is 46.3 Å². The second kappa shape index (κ2) is 6.25. The van der Waals surface area contributed by atoms with Crippen molar-refractivity contribution >= 4 is 11.6 Å². The Morgan fingerprint density at radius 1 is 1.27 bits per heavy atom. The van der Waals surface area contributed by atoms with Crippen molar-refractivity contribution in [3.63, 3.8) is 0 Å². The summed E-state index contributed by atoms with van der Waals surface area (Å²) in [5, 5.41) is 8.21. The first-order valence-electron chi connectivity index (χ1n) is 7.71. The first kappa shape index (κ1) is 14.7. The minimum atomic E-state index is 0.421. The first-order chi connectivity index (χ1) is 10.6. The van der Waals surface area contributed by atoms with Gasteiger partial charge in [-0.1, -0.05) is 0 Å². The molecule has 2 aromatic rings. The van der Waals surface area contributed by atoms with E-state index in [2.05, 4.69) is 37.0 Å². The number of anilines is 2. The molecule has 1 atom stereocenters. The van der Waals surface area contributed by atoms with Crippen molar-refractivity contribution in [3.05, 3.63) is 35.9 Å². The molecule has 1 saturated heterocycles. The van der Waals surface area contributed by atoms with E-state index in [9.17, 15) is 0 Å². The number of aryl methyl sites for hydroxylation is 2. The maximum atomic E-state index is 4.58. The molecular weight excluding hydrogens is 276 g/mol. The summed E-state index contributed by atoms with van der Waals surface area (Å²) >= 11 is 0. The van der Waals surface area contributed by atoms with Crippen LogP contribution in [-0.2, 0) is 0 Å². The Hall–Kier alpha value is -2.24. The normalized spacial score (nSPS) is 18.3. The molecule has 0 spiro atoms. The van der Waals surface area contributed by atoms with Gasteiger partial charge in [-0.2, -0.15) is 5.10 Å². The smallest absolute Gasteiger partial charge is 0.151 e. The highest BCUT2D eigenvalue weighted by Gasteiger charge is 2.25. The Balaban J connectivity index is 1.76. The molecule has 0 N–H and O–H groups in total. The fourth-order valence-electron chi connectivity index (χ4n) is 3.01. The summed E-state index contributed by atoms with van der Waals surface area (Å²) in [6.07, 6.45) is 4.02. The van der Waals surface area contributed by atoms with Crippen LogP contribution >= 0.6 is 0 Å². The van der Waals surface area contributed by atoms with Gasteiger partial charge in [0.2, 0.25) is 0 Å². The third kappa shape index (κ3) is 3.16. The molecule has 3 heterocycles. The summed E-state index contributed by atoms with van der Waals surface area (Å²) < 4.78 is 0. The van der Waals surface area contributed by atoms with Gasteiger partial charge in [0.05, 0.1) is 0 Å². The maximum absolute atomic E-state index is 4.58. The molecule has 22 heavy (non-hydrogen) atoms. The number of likely N-dealkylation sites (N-methyl/N-ethyl adjacent to an activating group) is 1. The van der Waals surface area contributed by atoms with Gasteiger partial charge in [-0.3, -0.25) is 0 Å². The number of hydrogen-bond donors (Lipinski definition) is 0. The topological polar surface area (TPSA) is 58.0 Å². The van der Waals surface area contributed by atoms with E-state index in [1.54, 1.807) is 6.20 Å². The molecule has 6 nitrogen and oxygen atoms in total. The molecule has 0 bridgehead atoms. The van der Waals surface area contributed by atoms with Crippen LogP contribution in [0.3, 0.4) is 0 Å². The molecule has 3 rings (SSSR count). The fourth-order valence-corrected chi connectivity index (χ4v) is 3.01. The van der Waals surface area contributed by atoms with Crippen LogP contribution < -0.4 is 9.80 Å². The third-order valence-corrected chi connectivity index (χ3v) is 4.14. The summed E-state index contributed by atoms with van der Waals surface area (Å²) in [7, 11) is 2.12. The Bertz CT molecular complexity index is 610. The molecule has 1 aliphatic rings. The zero-order valence-corrected chi connectivity index (χ0v) is 13.4. The van der Waals surface area contributed by atoms with Gasteiger partial charge in [0.25, 0.3) is 0 Å². The van der Waals surface area contributed by atoms with E-state index in [0.717, 1.165) is 49.1 Å². The number of nitrogens with zero attached hydrogens (tertiary/aromatic N) is 6. The number of hydrogen-bond acceptors (Lipinski definition) is 6. The molecule has 0 radical (unpaired) electrons. The van der Waals surface area contributed by atoms with Crippen molar-refractivity contribution in [2.24, 2.45) is 0 Å². The van der Waals surface area contributed by atoms with Gasteiger partial charge in [-0.25, -0.2) is 9.97 Å². The lowest BCUT2D eigenvalue weighted by Crippen LogP contribution is -2.47. The zero-order valence-electron chi connectivity index (χ0n) is 13.4. The zero-order chi connectivity index (χ0) is 15.5. The van der Waals surface area contributed by atoms with Crippen LogP contribution in [0.25, 0.3) is 0 Å². The van der Waals surface area contributed by atoms with Gasteiger partial charge in [-0.05, 0) is 38.8 Å². The van der Waals surface area contributed by atoms with Crippen LogP contribution in [0.15, 0.2) is 24.4 Å². The minimum absolute atomic E-state index is 0.421. The van der Waals surface area contributed by atoms with E-state index in [0.29, 0.717) is 6.04 Å². The van der Waals surface area contributed by atoms with E-state index < -0.39 is 0 Å². The van der Waals surface area contributed by atoms with Gasteiger partial charge in [-0.15, -0.1) is 5.10 Å². The first-order valence-corrected chi connectivity index (χ1v) is 7.71. The summed E-state index contributed by atoms with van der Waals surface area (Å²) in [5.41, 5.74) is 1.01. The Kier molecular flexibility index (Phi) is 4.18. The second-order valence-corrected chi connectivity index (χ2v) is 5.85. The third-order valence-electron chi connectivity index (χ3n) is 4.14. The molecular formula is C16H22N6. The predicted molar refractivity (Wildman–Crippen MR) is 87.2 cm³/mol. The highest BCUT2D eigenvalue weighted by atomic mass is 15.3. The predicted octanol–water partition coefficient (Wildman–Crippen LogP) is 1.99. The van der Waals surface area contributed by atoms with E-state index in [4.69, 9.17) is 0 Å². The molecule has 1 unspecified atom stereocenters. The van der Waals surface area contributed by atoms with Crippen molar-refractivity contribution < 1.29 is 0 Å². The summed E-state index contributed by atoms with van der Waals surface area (Å²) in [6, 6.07) is 6.43. The quantitative estimate of drug-likeness (QED) is 0.863. The molecule has 6 heteroatoms. The van der Waals surface area contributed by atoms with Crippen molar-refractivity contribution in [1.82, 2.24) is 20.2 Å². The van der Waals surface area contributed by atoms with Crippen LogP contribution in [0.5, 0.6) is 0 Å². The fraction of sp³-hybridized carbons (Fsp3) is 0.500. The van der Waals surface area contributed by atoms with Crippen LogP contribution in [0.1, 0.15) is 24.4 Å². The Morgan fingerprint density at radius 2 is 2.14 bits per heavy atom. The molecule has 1 aliphatic heterocycles. The molecule has 0 aliphatic carbocycles. The maximum Gasteiger partial charge on any atom is 0.151 e. The van der Waals surface area contributed by atoms with E-state index in [-0.39, 0.29) is 0 Å². The average molecular weight is 298 g/mol. The van der Waals surface area contributed by atoms with Crippen molar-refractivity contribution in [2.75, 3.05) is 29.9 Å².